The van der Waals surface area contributed by atoms with E-state index in [-0.39, 0.29) is 23.5 Å². The third-order valence-corrected chi connectivity index (χ3v) is 6.32. The van der Waals surface area contributed by atoms with Crippen molar-refractivity contribution < 1.29 is 22.7 Å². The van der Waals surface area contributed by atoms with Gasteiger partial charge in [0.1, 0.15) is 5.75 Å². The van der Waals surface area contributed by atoms with Crippen molar-refractivity contribution in [3.63, 3.8) is 0 Å². The smallest absolute Gasteiger partial charge is 0.264 e. The standard InChI is InChI=1S/C20H24N2O5S/c1-22(28(24,25)19-7-3-2-4-8-19)16-9-11-17(12-10-16)27-15-20(23)21-14-18-6-5-13-26-18/h2-4,7-12,18H,5-6,13-15H2,1H3,(H,21,23)/t18-/m1/s1. The SMILES string of the molecule is CN(c1ccc(OCC(=O)NC[C@H]2CCCO2)cc1)S(=O)(=O)c1ccccc1. The molecule has 0 bridgehead atoms. The normalized spacial score (nSPS) is 16.5. The Labute approximate surface area is 165 Å². The zero-order valence-electron chi connectivity index (χ0n) is 15.7. The maximum absolute atomic E-state index is 12.6. The van der Waals surface area contributed by atoms with Crippen LogP contribution in [0.1, 0.15) is 12.8 Å². The molecule has 1 saturated heterocycles. The van der Waals surface area contributed by atoms with Gasteiger partial charge in [0.15, 0.2) is 6.61 Å². The third kappa shape index (κ3) is 5.02. The fourth-order valence-electron chi connectivity index (χ4n) is 2.87. The number of anilines is 1. The third-order valence-electron chi connectivity index (χ3n) is 4.52. The maximum Gasteiger partial charge on any atom is 0.264 e. The van der Waals surface area contributed by atoms with Crippen molar-refractivity contribution >= 4 is 21.6 Å². The summed E-state index contributed by atoms with van der Waals surface area (Å²) in [6, 6.07) is 14.8. The molecule has 1 fully saturated rings. The molecule has 1 aliphatic rings. The summed E-state index contributed by atoms with van der Waals surface area (Å²) in [5.41, 5.74) is 0.499. The summed E-state index contributed by atoms with van der Waals surface area (Å²) in [6.07, 6.45) is 2.07. The molecule has 2 aromatic carbocycles. The van der Waals surface area contributed by atoms with Gasteiger partial charge in [-0.1, -0.05) is 18.2 Å². The molecule has 0 unspecified atom stereocenters. The van der Waals surface area contributed by atoms with Crippen LogP contribution in [0.15, 0.2) is 59.5 Å². The molecule has 1 heterocycles. The van der Waals surface area contributed by atoms with E-state index in [1.807, 2.05) is 0 Å². The molecule has 0 aromatic heterocycles. The van der Waals surface area contributed by atoms with Gasteiger partial charge >= 0.3 is 0 Å². The second-order valence-corrected chi connectivity index (χ2v) is 8.48. The van der Waals surface area contributed by atoms with Crippen LogP contribution in [0.3, 0.4) is 0 Å². The lowest BCUT2D eigenvalue weighted by atomic mass is 10.2. The Morgan fingerprint density at radius 3 is 2.54 bits per heavy atom. The number of carbonyl (C=O) groups excluding carboxylic acids is 1. The number of rotatable bonds is 8. The molecule has 0 saturated carbocycles. The molecular weight excluding hydrogens is 380 g/mol. The molecule has 0 spiro atoms. The van der Waals surface area contributed by atoms with E-state index in [0.29, 0.717) is 18.0 Å². The number of benzene rings is 2. The predicted octanol–water partition coefficient (Wildman–Crippen LogP) is 2.19. The van der Waals surface area contributed by atoms with Crippen molar-refractivity contribution in [2.75, 3.05) is 31.1 Å². The van der Waals surface area contributed by atoms with E-state index in [9.17, 15) is 13.2 Å². The van der Waals surface area contributed by atoms with Gasteiger partial charge in [0.25, 0.3) is 15.9 Å². The fourth-order valence-corrected chi connectivity index (χ4v) is 4.09. The van der Waals surface area contributed by atoms with E-state index in [0.717, 1.165) is 19.4 Å². The van der Waals surface area contributed by atoms with Crippen molar-refractivity contribution in [3.05, 3.63) is 54.6 Å². The van der Waals surface area contributed by atoms with E-state index in [4.69, 9.17) is 9.47 Å². The molecular formula is C20H24N2O5S. The van der Waals surface area contributed by atoms with Gasteiger partial charge in [-0.15, -0.1) is 0 Å². The van der Waals surface area contributed by atoms with Crippen LogP contribution in [0.2, 0.25) is 0 Å². The Bertz CT molecular complexity index is 879. The molecule has 1 amide bonds. The predicted molar refractivity (Wildman–Crippen MR) is 106 cm³/mol. The second-order valence-electron chi connectivity index (χ2n) is 6.51. The van der Waals surface area contributed by atoms with Gasteiger partial charge in [0.05, 0.1) is 16.7 Å². The first-order valence-electron chi connectivity index (χ1n) is 9.12. The highest BCUT2D eigenvalue weighted by Crippen LogP contribution is 2.24. The van der Waals surface area contributed by atoms with E-state index in [2.05, 4.69) is 5.32 Å². The van der Waals surface area contributed by atoms with E-state index >= 15 is 0 Å². The van der Waals surface area contributed by atoms with Crippen LogP contribution in [-0.2, 0) is 19.6 Å². The zero-order chi connectivity index (χ0) is 20.0. The first-order valence-corrected chi connectivity index (χ1v) is 10.6. The van der Waals surface area contributed by atoms with E-state index in [1.165, 1.54) is 11.4 Å². The van der Waals surface area contributed by atoms with Crippen LogP contribution in [-0.4, -0.2) is 47.2 Å². The molecule has 0 aliphatic carbocycles. The fraction of sp³-hybridized carbons (Fsp3) is 0.350. The van der Waals surface area contributed by atoms with Crippen molar-refractivity contribution in [2.45, 2.75) is 23.8 Å². The molecule has 3 rings (SSSR count). The molecule has 2 aromatic rings. The maximum atomic E-state index is 12.6. The Kier molecular flexibility index (Phi) is 6.53. The van der Waals surface area contributed by atoms with Crippen LogP contribution in [0.25, 0.3) is 0 Å². The number of hydrogen-bond acceptors (Lipinski definition) is 5. The zero-order valence-corrected chi connectivity index (χ0v) is 16.5. The average Bonchev–Trinajstić information content (AvgIpc) is 3.25. The molecule has 8 heteroatoms. The number of carbonyl (C=O) groups is 1. The van der Waals surface area contributed by atoms with E-state index < -0.39 is 10.0 Å². The summed E-state index contributed by atoms with van der Waals surface area (Å²) in [7, 11) is -2.13. The quantitative estimate of drug-likeness (QED) is 0.729. The number of sulfonamides is 1. The molecule has 28 heavy (non-hydrogen) atoms. The summed E-state index contributed by atoms with van der Waals surface area (Å²) in [5, 5.41) is 2.79. The second kappa shape index (κ2) is 9.07. The Hall–Kier alpha value is -2.58. The van der Waals surface area contributed by atoms with Crippen molar-refractivity contribution in [2.24, 2.45) is 0 Å². The van der Waals surface area contributed by atoms with Gasteiger partial charge < -0.3 is 14.8 Å². The van der Waals surface area contributed by atoms with Gasteiger partial charge in [-0.2, -0.15) is 0 Å². The minimum atomic E-state index is -3.63. The summed E-state index contributed by atoms with van der Waals surface area (Å²) < 4.78 is 37.4. The van der Waals surface area contributed by atoms with E-state index in [1.54, 1.807) is 54.6 Å². The molecule has 150 valence electrons. The highest BCUT2D eigenvalue weighted by molar-refractivity contribution is 7.92. The largest absolute Gasteiger partial charge is 0.484 e. The summed E-state index contributed by atoms with van der Waals surface area (Å²) >= 11 is 0. The highest BCUT2D eigenvalue weighted by atomic mass is 32.2. The monoisotopic (exact) mass is 404 g/mol. The minimum Gasteiger partial charge on any atom is -0.484 e. The van der Waals surface area contributed by atoms with Crippen LogP contribution in [0, 0.1) is 0 Å². The Morgan fingerprint density at radius 1 is 1.18 bits per heavy atom. The van der Waals surface area contributed by atoms with Gasteiger partial charge in [-0.05, 0) is 49.2 Å². The van der Waals surface area contributed by atoms with Crippen molar-refractivity contribution in [3.8, 4) is 5.75 Å². The lowest BCUT2D eigenvalue weighted by molar-refractivity contribution is -0.123. The van der Waals surface area contributed by atoms with Crippen LogP contribution in [0.5, 0.6) is 5.75 Å². The average molecular weight is 404 g/mol. The minimum absolute atomic E-state index is 0.0883. The molecule has 1 aliphatic heterocycles. The van der Waals surface area contributed by atoms with Gasteiger partial charge in [0, 0.05) is 20.2 Å². The molecule has 7 nitrogen and oxygen atoms in total. The molecule has 0 radical (unpaired) electrons. The number of nitrogens with one attached hydrogen (secondary N) is 1. The first-order chi connectivity index (χ1) is 13.5. The number of ether oxygens (including phenoxy) is 2. The number of nitrogens with zero attached hydrogens (tertiary/aromatic N) is 1. The summed E-state index contributed by atoms with van der Waals surface area (Å²) in [6.45, 7) is 1.13. The first kappa shape index (κ1) is 20.2. The van der Waals surface area contributed by atoms with Crippen LogP contribution >= 0.6 is 0 Å². The lowest BCUT2D eigenvalue weighted by Crippen LogP contribution is -2.35. The van der Waals surface area contributed by atoms with Crippen LogP contribution in [0.4, 0.5) is 5.69 Å². The highest BCUT2D eigenvalue weighted by Gasteiger charge is 2.21. The molecule has 1 atom stereocenters. The number of hydrogen-bond donors (Lipinski definition) is 1. The Balaban J connectivity index is 1.53. The lowest BCUT2D eigenvalue weighted by Gasteiger charge is -2.19. The summed E-state index contributed by atoms with van der Waals surface area (Å²) in [5.74, 6) is 0.268. The van der Waals surface area contributed by atoms with Crippen LogP contribution < -0.4 is 14.4 Å². The van der Waals surface area contributed by atoms with Gasteiger partial charge in [-0.3, -0.25) is 9.10 Å². The summed E-state index contributed by atoms with van der Waals surface area (Å²) in [4.78, 5) is 12.1. The Morgan fingerprint density at radius 2 is 1.89 bits per heavy atom. The molecule has 1 N–H and O–H groups in total. The van der Waals surface area contributed by atoms with Crippen molar-refractivity contribution in [1.29, 1.82) is 0 Å². The topological polar surface area (TPSA) is 84.9 Å². The van der Waals surface area contributed by atoms with Gasteiger partial charge in [-0.25, -0.2) is 8.42 Å². The number of amides is 1. The van der Waals surface area contributed by atoms with Crippen molar-refractivity contribution in [1.82, 2.24) is 5.32 Å². The van der Waals surface area contributed by atoms with Gasteiger partial charge in [0.2, 0.25) is 0 Å².